The molecule has 0 amide bonds. The maximum absolute atomic E-state index is 11.6. The number of H-pyrrole nitrogens is 4. The highest BCUT2D eigenvalue weighted by atomic mass is 17.1. The Morgan fingerprint density at radius 3 is 2.00 bits per heavy atom. The van der Waals surface area contributed by atoms with E-state index >= 15 is 0 Å². The molecule has 5 heterocycles. The van der Waals surface area contributed by atoms with Crippen molar-refractivity contribution in [3.05, 3.63) is 108 Å². The lowest BCUT2D eigenvalue weighted by atomic mass is 10.0. The van der Waals surface area contributed by atoms with Gasteiger partial charge in [0.25, 0.3) is 0 Å². The molecule has 0 fully saturated rings. The monoisotopic (exact) mass is 564 g/mol. The average molecular weight is 565 g/mol. The molecule has 0 saturated heterocycles. The number of hydrogen-bond acceptors (Lipinski definition) is 3. The predicted molar refractivity (Wildman–Crippen MR) is 169 cm³/mol. The van der Waals surface area contributed by atoms with Crippen molar-refractivity contribution in [2.45, 2.75) is 40.5 Å². The Balaban J connectivity index is 1.95. The number of aromatic amines is 4. The summed E-state index contributed by atoms with van der Waals surface area (Å²) in [6.45, 7) is 20.4. The smallest absolute Gasteiger partial charge is 0.303 e. The Morgan fingerprint density at radius 2 is 1.33 bits per heavy atom. The molecule has 1 aliphatic rings. The molecule has 0 unspecified atom stereocenters. The summed E-state index contributed by atoms with van der Waals surface area (Å²) in [7, 11) is 0. The molecule has 8 heteroatoms. The first kappa shape index (κ1) is 28.7. The largest absolute Gasteiger partial charge is 0.481 e. The van der Waals surface area contributed by atoms with Gasteiger partial charge in [0, 0.05) is 67.3 Å². The molecule has 0 radical (unpaired) electrons. The first-order valence-electron chi connectivity index (χ1n) is 13.8. The van der Waals surface area contributed by atoms with Gasteiger partial charge in [-0.15, -0.1) is 0 Å². The average Bonchev–Trinajstić information content (AvgIpc) is 3.60. The lowest BCUT2D eigenvalue weighted by Crippen LogP contribution is -2.14. The quantitative estimate of drug-likeness (QED) is 0.127. The highest BCUT2D eigenvalue weighted by Crippen LogP contribution is 2.27. The molecule has 0 saturated carbocycles. The van der Waals surface area contributed by atoms with E-state index in [0.29, 0.717) is 12.0 Å². The Kier molecular flexibility index (Phi) is 7.69. The second-order valence-corrected chi connectivity index (χ2v) is 10.7. The van der Waals surface area contributed by atoms with Crippen LogP contribution < -0.4 is 21.4 Å². The van der Waals surface area contributed by atoms with E-state index in [1.54, 1.807) is 0 Å². The molecule has 8 nitrogen and oxygen atoms in total. The zero-order valence-corrected chi connectivity index (χ0v) is 24.4. The summed E-state index contributed by atoms with van der Waals surface area (Å²) in [6.07, 6.45) is 12.2. The molecule has 0 aromatic carbocycles. The third-order valence-electron chi connectivity index (χ3n) is 8.25. The highest BCUT2D eigenvalue weighted by molar-refractivity contribution is 5.78. The fraction of sp³-hybridized carbons (Fsp3) is 0.206. The molecule has 1 aliphatic heterocycles. The van der Waals surface area contributed by atoms with E-state index in [1.165, 1.54) is 0 Å². The summed E-state index contributed by atoms with van der Waals surface area (Å²) >= 11 is 0. The van der Waals surface area contributed by atoms with E-state index in [0.717, 1.165) is 88.7 Å². The van der Waals surface area contributed by atoms with Crippen LogP contribution in [0.15, 0.2) is 19.7 Å². The van der Waals surface area contributed by atoms with Crippen LogP contribution in [0.5, 0.6) is 0 Å². The van der Waals surface area contributed by atoms with Gasteiger partial charge in [0.2, 0.25) is 0 Å². The number of aromatic nitrogens is 4. The van der Waals surface area contributed by atoms with Crippen molar-refractivity contribution in [2.24, 2.45) is 0 Å². The molecular weight excluding hydrogens is 528 g/mol. The fourth-order valence-electron chi connectivity index (χ4n) is 5.92. The number of hydrogen-bond donors (Lipinski definition) is 6. The van der Waals surface area contributed by atoms with Gasteiger partial charge >= 0.3 is 5.97 Å². The van der Waals surface area contributed by atoms with Crippen LogP contribution in [0.4, 0.5) is 0 Å². The van der Waals surface area contributed by atoms with Crippen molar-refractivity contribution in [1.82, 2.24) is 19.9 Å². The molecule has 4 aromatic heterocycles. The van der Waals surface area contributed by atoms with Crippen LogP contribution in [-0.4, -0.2) is 42.9 Å². The zero-order valence-electron chi connectivity index (χ0n) is 24.4. The first-order valence-corrected chi connectivity index (χ1v) is 13.8. The van der Waals surface area contributed by atoms with Crippen LogP contribution in [0.25, 0.3) is 42.0 Å². The fourth-order valence-corrected chi connectivity index (χ4v) is 5.92. The van der Waals surface area contributed by atoms with E-state index in [2.05, 4.69) is 70.6 Å². The van der Waals surface area contributed by atoms with Gasteiger partial charge in [-0.05, 0) is 91.8 Å². The van der Waals surface area contributed by atoms with Crippen molar-refractivity contribution in [3.63, 3.8) is 0 Å². The summed E-state index contributed by atoms with van der Waals surface area (Å²) in [5, 5.41) is 22.2. The Morgan fingerprint density at radius 1 is 0.762 bits per heavy atom. The molecular formula is C34H36N4O4. The van der Waals surface area contributed by atoms with Gasteiger partial charge in [0.05, 0.1) is 0 Å². The van der Waals surface area contributed by atoms with E-state index in [9.17, 15) is 15.2 Å². The van der Waals surface area contributed by atoms with Crippen molar-refractivity contribution < 1.29 is 20.0 Å². The number of rotatable bonds is 8. The number of carboxylic acids is 1. The molecule has 216 valence electrons. The van der Waals surface area contributed by atoms with Gasteiger partial charge in [0.1, 0.15) is 6.61 Å². The van der Waals surface area contributed by atoms with Gasteiger partial charge in [-0.3, -0.25) is 10.1 Å². The van der Waals surface area contributed by atoms with Crippen molar-refractivity contribution in [2.75, 3.05) is 6.61 Å². The molecule has 0 spiro atoms. The number of fused-ring (bicyclic) bond motifs is 8. The van der Waals surface area contributed by atoms with Crippen LogP contribution in [0, 0.1) is 27.7 Å². The Labute approximate surface area is 243 Å². The molecule has 5 rings (SSSR count). The number of carboxylic acid groups (broad SMARTS) is 1. The molecule has 8 bridgehead atoms. The SMILES string of the molecule is C=Cc1c2[nH]c(c1C)C=c1[nH]c(c(C)c1C=C)=Cc1[nH]c(c(C(=C)COO)c1C)C=c1[nH]c(c(C)c1CCC(=O)O)=C2. The van der Waals surface area contributed by atoms with Crippen LogP contribution in [-0.2, 0) is 16.1 Å². The van der Waals surface area contributed by atoms with Gasteiger partial charge in [-0.1, -0.05) is 31.9 Å². The van der Waals surface area contributed by atoms with E-state index < -0.39 is 5.97 Å². The second-order valence-electron chi connectivity index (χ2n) is 10.7. The van der Waals surface area contributed by atoms with Crippen molar-refractivity contribution >= 4 is 48.0 Å². The minimum absolute atomic E-state index is 0.00184. The Hall–Kier alpha value is -4.79. The van der Waals surface area contributed by atoms with E-state index in [1.807, 2.05) is 38.2 Å². The topological polar surface area (TPSA) is 130 Å². The molecule has 4 aromatic rings. The minimum atomic E-state index is -0.860. The van der Waals surface area contributed by atoms with Crippen LogP contribution in [0.3, 0.4) is 0 Å². The van der Waals surface area contributed by atoms with Gasteiger partial charge < -0.3 is 25.0 Å². The molecule has 0 aliphatic carbocycles. The third-order valence-corrected chi connectivity index (χ3v) is 8.25. The van der Waals surface area contributed by atoms with Crippen molar-refractivity contribution in [3.8, 4) is 0 Å². The van der Waals surface area contributed by atoms with Gasteiger partial charge in [0.15, 0.2) is 0 Å². The first-order chi connectivity index (χ1) is 20.1. The number of carbonyl (C=O) groups is 1. The summed E-state index contributed by atoms with van der Waals surface area (Å²) in [5.41, 5.74) is 11.8. The van der Waals surface area contributed by atoms with Crippen LogP contribution in [0.1, 0.15) is 73.7 Å². The zero-order chi connectivity index (χ0) is 30.3. The van der Waals surface area contributed by atoms with Crippen LogP contribution in [0.2, 0.25) is 0 Å². The highest BCUT2D eigenvalue weighted by Gasteiger charge is 2.18. The van der Waals surface area contributed by atoms with E-state index in [-0.39, 0.29) is 13.0 Å². The van der Waals surface area contributed by atoms with Gasteiger partial charge in [-0.25, -0.2) is 4.89 Å². The van der Waals surface area contributed by atoms with Crippen LogP contribution >= 0.6 is 0 Å². The summed E-state index contributed by atoms with van der Waals surface area (Å²) < 4.78 is 0. The number of nitrogens with one attached hydrogen (secondary N) is 4. The molecule has 0 atom stereocenters. The van der Waals surface area contributed by atoms with E-state index in [4.69, 9.17) is 0 Å². The predicted octanol–water partition coefficient (Wildman–Crippen LogP) is 3.67. The maximum atomic E-state index is 11.6. The Bertz CT molecular complexity index is 2020. The lowest BCUT2D eigenvalue weighted by molar-refractivity contribution is -0.229. The standard InChI is InChI=1S/C34H36N4O4/c1-8-22-18(4)25-12-28-21(7)34(17(3)16-42-41)32(38-28)15-31-24(10-11-33(39)40)20(6)27(37-31)14-30-23(9-2)19(5)26(36-30)13-29(22)35-25/h8-9,12-15,35-38,41H,1-3,10-11,16H2,4-7H3,(H,39,40). The second kappa shape index (κ2) is 11.2. The number of aliphatic carboxylic acids is 1. The third kappa shape index (κ3) is 4.95. The maximum Gasteiger partial charge on any atom is 0.303 e. The molecule has 6 N–H and O–H groups in total. The normalized spacial score (nSPS) is 12.1. The summed E-state index contributed by atoms with van der Waals surface area (Å²) in [4.78, 5) is 30.2. The minimum Gasteiger partial charge on any atom is -0.481 e. The lowest BCUT2D eigenvalue weighted by Gasteiger charge is -2.05. The molecule has 42 heavy (non-hydrogen) atoms. The summed E-state index contributed by atoms with van der Waals surface area (Å²) in [5.74, 6) is -0.860. The summed E-state index contributed by atoms with van der Waals surface area (Å²) in [6, 6.07) is 0. The van der Waals surface area contributed by atoms with Crippen molar-refractivity contribution in [1.29, 1.82) is 0 Å². The van der Waals surface area contributed by atoms with Gasteiger partial charge in [-0.2, -0.15) is 0 Å².